The molecule has 0 aliphatic carbocycles. The van der Waals surface area contributed by atoms with Crippen molar-refractivity contribution in [1.29, 1.82) is 0 Å². The van der Waals surface area contributed by atoms with Crippen LogP contribution in [0.3, 0.4) is 0 Å². The van der Waals surface area contributed by atoms with Gasteiger partial charge in [0.2, 0.25) is 5.56 Å². The van der Waals surface area contributed by atoms with Crippen LogP contribution in [0.15, 0.2) is 47.3 Å². The molecule has 37 heavy (non-hydrogen) atoms. The maximum atomic E-state index is 13.3. The first-order chi connectivity index (χ1) is 17.9. The first kappa shape index (κ1) is 26.7. The minimum atomic E-state index is -0.161. The third kappa shape index (κ3) is 7.11. The summed E-state index contributed by atoms with van der Waals surface area (Å²) in [4.78, 5) is 30.8. The number of hydrogen-bond donors (Lipinski definition) is 4. The van der Waals surface area contributed by atoms with Gasteiger partial charge in [-0.05, 0) is 69.1 Å². The summed E-state index contributed by atoms with van der Waals surface area (Å²) in [5.74, 6) is -0.139. The number of ether oxygens (including phenoxy) is 1. The summed E-state index contributed by atoms with van der Waals surface area (Å²) < 4.78 is 5.58. The first-order valence-corrected chi connectivity index (χ1v) is 13.2. The lowest BCUT2D eigenvalue weighted by molar-refractivity contribution is 0.0950. The molecule has 2 aromatic carbocycles. The van der Waals surface area contributed by atoms with Crippen LogP contribution >= 0.6 is 0 Å². The fourth-order valence-corrected chi connectivity index (χ4v) is 4.70. The van der Waals surface area contributed by atoms with Crippen molar-refractivity contribution in [2.75, 3.05) is 50.5 Å². The van der Waals surface area contributed by atoms with E-state index in [4.69, 9.17) is 4.74 Å². The van der Waals surface area contributed by atoms with Crippen molar-refractivity contribution in [1.82, 2.24) is 15.2 Å². The first-order valence-electron chi connectivity index (χ1n) is 13.2. The number of aryl methyl sites for hydroxylation is 1. The van der Waals surface area contributed by atoms with Gasteiger partial charge in [0.15, 0.2) is 0 Å². The number of amides is 1. The highest BCUT2D eigenvalue weighted by Gasteiger charge is 2.17. The predicted molar refractivity (Wildman–Crippen MR) is 151 cm³/mol. The molecule has 3 aromatic rings. The average Bonchev–Trinajstić information content (AvgIpc) is 3.16. The van der Waals surface area contributed by atoms with E-state index in [1.165, 1.54) is 0 Å². The zero-order valence-electron chi connectivity index (χ0n) is 22.2. The van der Waals surface area contributed by atoms with E-state index >= 15 is 0 Å². The van der Waals surface area contributed by atoms with E-state index in [1.54, 1.807) is 6.07 Å². The Kier molecular flexibility index (Phi) is 9.19. The maximum absolute atomic E-state index is 13.3. The van der Waals surface area contributed by atoms with Crippen LogP contribution in [0.25, 0.3) is 10.9 Å². The molecule has 1 amide bonds. The molecular formula is C29H39N5O3. The molecule has 8 heteroatoms. The van der Waals surface area contributed by atoms with Crippen molar-refractivity contribution in [3.63, 3.8) is 0 Å². The van der Waals surface area contributed by atoms with E-state index in [2.05, 4.69) is 39.8 Å². The van der Waals surface area contributed by atoms with Crippen LogP contribution in [0.1, 0.15) is 47.7 Å². The molecule has 1 aliphatic heterocycles. The van der Waals surface area contributed by atoms with E-state index in [-0.39, 0.29) is 17.5 Å². The minimum Gasteiger partial charge on any atom is -0.383 e. The molecule has 1 fully saturated rings. The molecule has 0 spiro atoms. The SMILES string of the molecule is CCN(C)CCNc1ccccc1CNC(=O)c1cc2c(NC3CCCOCC3)cc(=O)[nH]c2cc1C. The van der Waals surface area contributed by atoms with Crippen LogP contribution in [0.4, 0.5) is 11.4 Å². The molecule has 8 nitrogen and oxygen atoms in total. The summed E-state index contributed by atoms with van der Waals surface area (Å²) >= 11 is 0. The molecule has 198 valence electrons. The van der Waals surface area contributed by atoms with Crippen LogP contribution in [-0.4, -0.2) is 61.7 Å². The number of benzene rings is 2. The number of nitrogens with one attached hydrogen (secondary N) is 4. The second-order valence-electron chi connectivity index (χ2n) is 9.81. The number of aromatic nitrogens is 1. The van der Waals surface area contributed by atoms with Crippen molar-refractivity contribution < 1.29 is 9.53 Å². The number of carbonyl (C=O) groups is 1. The van der Waals surface area contributed by atoms with E-state index in [9.17, 15) is 9.59 Å². The molecule has 4 N–H and O–H groups in total. The van der Waals surface area contributed by atoms with Gasteiger partial charge in [0.25, 0.3) is 5.91 Å². The van der Waals surface area contributed by atoms with Crippen molar-refractivity contribution in [2.24, 2.45) is 0 Å². The molecule has 1 aliphatic rings. The third-order valence-electron chi connectivity index (χ3n) is 7.05. The van der Waals surface area contributed by atoms with E-state index in [0.29, 0.717) is 18.7 Å². The monoisotopic (exact) mass is 505 g/mol. The lowest BCUT2D eigenvalue weighted by atomic mass is 10.0. The topological polar surface area (TPSA) is 98.5 Å². The Balaban J connectivity index is 1.51. The number of nitrogens with zero attached hydrogens (tertiary/aromatic N) is 1. The highest BCUT2D eigenvalue weighted by Crippen LogP contribution is 2.26. The normalized spacial score (nSPS) is 15.9. The van der Waals surface area contributed by atoms with E-state index in [0.717, 1.165) is 78.9 Å². The van der Waals surface area contributed by atoms with Gasteiger partial charge in [-0.2, -0.15) is 0 Å². The fraction of sp³-hybridized carbons (Fsp3) is 0.448. The van der Waals surface area contributed by atoms with Crippen molar-refractivity contribution in [2.45, 2.75) is 45.7 Å². The molecule has 1 unspecified atom stereocenters. The molecule has 0 bridgehead atoms. The predicted octanol–water partition coefficient (Wildman–Crippen LogP) is 4.11. The number of fused-ring (bicyclic) bond motifs is 1. The van der Waals surface area contributed by atoms with Gasteiger partial charge in [0, 0.05) is 67.3 Å². The summed E-state index contributed by atoms with van der Waals surface area (Å²) in [6, 6.07) is 13.6. The Morgan fingerprint density at radius 1 is 1.14 bits per heavy atom. The maximum Gasteiger partial charge on any atom is 0.251 e. The third-order valence-corrected chi connectivity index (χ3v) is 7.05. The quantitative estimate of drug-likeness (QED) is 0.331. The number of hydrogen-bond acceptors (Lipinski definition) is 6. The van der Waals surface area contributed by atoms with Crippen molar-refractivity contribution >= 4 is 28.2 Å². The van der Waals surface area contributed by atoms with Gasteiger partial charge in [0.1, 0.15) is 0 Å². The van der Waals surface area contributed by atoms with Crippen LogP contribution in [-0.2, 0) is 11.3 Å². The summed E-state index contributed by atoms with van der Waals surface area (Å²) in [5, 5.41) is 11.0. The van der Waals surface area contributed by atoms with Gasteiger partial charge >= 0.3 is 0 Å². The molecule has 2 heterocycles. The van der Waals surface area contributed by atoms with Gasteiger partial charge in [0.05, 0.1) is 5.52 Å². The van der Waals surface area contributed by atoms with Crippen LogP contribution in [0.5, 0.6) is 0 Å². The zero-order chi connectivity index (χ0) is 26.2. The van der Waals surface area contributed by atoms with Crippen LogP contribution in [0.2, 0.25) is 0 Å². The molecular weight excluding hydrogens is 466 g/mol. The molecule has 4 rings (SSSR count). The van der Waals surface area contributed by atoms with Gasteiger partial charge < -0.3 is 30.6 Å². The Morgan fingerprint density at radius 3 is 2.81 bits per heavy atom. The van der Waals surface area contributed by atoms with Gasteiger partial charge in [-0.3, -0.25) is 9.59 Å². The minimum absolute atomic E-state index is 0.139. The summed E-state index contributed by atoms with van der Waals surface area (Å²) in [6.45, 7) is 8.71. The lowest BCUT2D eigenvalue weighted by Crippen LogP contribution is -2.26. The Bertz CT molecular complexity index is 1260. The standard InChI is InChI=1S/C29H39N5O3/c1-4-34(3)13-12-30-25-10-6-5-8-21(25)19-31-29(36)23-17-24-26(16-20(23)2)33-28(35)18-27(24)32-22-9-7-14-37-15-11-22/h5-6,8,10,16-18,22,30H,4,7,9,11-15,19H2,1-3H3,(H,31,36)(H2,32,33,35). The number of anilines is 2. The Morgan fingerprint density at radius 2 is 1.97 bits per heavy atom. The van der Waals surface area contributed by atoms with Gasteiger partial charge in [-0.1, -0.05) is 25.1 Å². The summed E-state index contributed by atoms with van der Waals surface area (Å²) in [7, 11) is 2.10. The van der Waals surface area contributed by atoms with Gasteiger partial charge in [-0.25, -0.2) is 0 Å². The van der Waals surface area contributed by atoms with E-state index in [1.807, 2.05) is 43.3 Å². The number of rotatable bonds is 10. The molecule has 1 saturated heterocycles. The largest absolute Gasteiger partial charge is 0.383 e. The zero-order valence-corrected chi connectivity index (χ0v) is 22.2. The number of H-pyrrole nitrogens is 1. The lowest BCUT2D eigenvalue weighted by Gasteiger charge is -2.19. The molecule has 1 atom stereocenters. The highest BCUT2D eigenvalue weighted by molar-refractivity contribution is 6.02. The molecule has 0 saturated carbocycles. The second-order valence-corrected chi connectivity index (χ2v) is 9.81. The summed E-state index contributed by atoms with van der Waals surface area (Å²) in [6.07, 6.45) is 2.85. The highest BCUT2D eigenvalue weighted by atomic mass is 16.5. The van der Waals surface area contributed by atoms with Gasteiger partial charge in [-0.15, -0.1) is 0 Å². The van der Waals surface area contributed by atoms with Crippen LogP contribution < -0.4 is 21.5 Å². The molecule has 0 radical (unpaired) electrons. The van der Waals surface area contributed by atoms with Crippen LogP contribution in [0, 0.1) is 6.92 Å². The Labute approximate surface area is 218 Å². The molecule has 1 aromatic heterocycles. The average molecular weight is 506 g/mol. The number of carbonyl (C=O) groups excluding carboxylic acids is 1. The fourth-order valence-electron chi connectivity index (χ4n) is 4.70. The number of likely N-dealkylation sites (N-methyl/N-ethyl adjacent to an activating group) is 1. The number of para-hydroxylation sites is 1. The smallest absolute Gasteiger partial charge is 0.251 e. The van der Waals surface area contributed by atoms with Crippen molar-refractivity contribution in [3.05, 3.63) is 69.5 Å². The summed E-state index contributed by atoms with van der Waals surface area (Å²) in [5.41, 5.74) is 4.80. The number of aromatic amines is 1. The van der Waals surface area contributed by atoms with E-state index < -0.39 is 0 Å². The second kappa shape index (κ2) is 12.7. The van der Waals surface area contributed by atoms with Crippen molar-refractivity contribution in [3.8, 4) is 0 Å². The Hall–Kier alpha value is -3.36. The number of pyridine rings is 1.